The summed E-state index contributed by atoms with van der Waals surface area (Å²) in [6.45, 7) is 5.10. The molecule has 1 fully saturated rings. The molecule has 0 atom stereocenters. The number of nitrogens with zero attached hydrogens (tertiary/aromatic N) is 3. The fourth-order valence-electron chi connectivity index (χ4n) is 2.01. The SMILES string of the molecule is N#Cc1ccc(C(=O)NCCCN2CCOCC2)nc1. The second kappa shape index (κ2) is 7.58. The summed E-state index contributed by atoms with van der Waals surface area (Å²) >= 11 is 0. The Morgan fingerprint density at radius 2 is 2.25 bits per heavy atom. The van der Waals surface area contributed by atoms with Crippen LogP contribution in [-0.2, 0) is 4.74 Å². The van der Waals surface area contributed by atoms with E-state index < -0.39 is 0 Å². The number of carbonyl (C=O) groups is 1. The molecule has 0 aliphatic carbocycles. The predicted molar refractivity (Wildman–Crippen MR) is 73.2 cm³/mol. The number of rotatable bonds is 5. The molecule has 1 aromatic rings. The molecule has 2 heterocycles. The number of morpholine rings is 1. The Labute approximate surface area is 118 Å². The zero-order valence-electron chi connectivity index (χ0n) is 11.3. The molecule has 0 unspecified atom stereocenters. The fraction of sp³-hybridized carbons (Fsp3) is 0.500. The van der Waals surface area contributed by atoms with E-state index in [-0.39, 0.29) is 5.91 Å². The minimum Gasteiger partial charge on any atom is -0.379 e. The molecule has 106 valence electrons. The Morgan fingerprint density at radius 3 is 2.90 bits per heavy atom. The van der Waals surface area contributed by atoms with Crippen LogP contribution < -0.4 is 5.32 Å². The van der Waals surface area contributed by atoms with Crippen LogP contribution in [0.15, 0.2) is 18.3 Å². The summed E-state index contributed by atoms with van der Waals surface area (Å²) in [5.41, 5.74) is 0.796. The Morgan fingerprint density at radius 1 is 1.45 bits per heavy atom. The highest BCUT2D eigenvalue weighted by molar-refractivity contribution is 5.92. The molecule has 1 amide bonds. The average Bonchev–Trinajstić information content (AvgIpc) is 2.52. The van der Waals surface area contributed by atoms with Crippen molar-refractivity contribution in [3.05, 3.63) is 29.6 Å². The topological polar surface area (TPSA) is 78.2 Å². The largest absolute Gasteiger partial charge is 0.379 e. The lowest BCUT2D eigenvalue weighted by Crippen LogP contribution is -2.38. The number of pyridine rings is 1. The van der Waals surface area contributed by atoms with E-state index in [4.69, 9.17) is 10.00 Å². The molecular weight excluding hydrogens is 256 g/mol. The van der Waals surface area contributed by atoms with Crippen LogP contribution in [0, 0.1) is 11.3 Å². The standard InChI is InChI=1S/C14H18N4O2/c15-10-12-2-3-13(17-11-12)14(19)16-4-1-5-18-6-8-20-9-7-18/h2-3,11H,1,4-9H2,(H,16,19). The number of nitriles is 1. The van der Waals surface area contributed by atoms with Gasteiger partial charge in [-0.15, -0.1) is 0 Å². The molecule has 2 rings (SSSR count). The number of nitrogens with one attached hydrogen (secondary N) is 1. The van der Waals surface area contributed by atoms with Crippen molar-refractivity contribution in [3.63, 3.8) is 0 Å². The summed E-state index contributed by atoms with van der Waals surface area (Å²) in [4.78, 5) is 18.1. The summed E-state index contributed by atoms with van der Waals surface area (Å²) in [7, 11) is 0. The Bertz CT molecular complexity index is 475. The first-order chi connectivity index (χ1) is 9.79. The molecule has 0 aromatic carbocycles. The van der Waals surface area contributed by atoms with Crippen LogP contribution in [0.25, 0.3) is 0 Å². The molecule has 0 spiro atoms. The molecule has 1 aliphatic heterocycles. The van der Waals surface area contributed by atoms with E-state index in [2.05, 4.69) is 15.2 Å². The third-order valence-electron chi connectivity index (χ3n) is 3.17. The maximum absolute atomic E-state index is 11.8. The van der Waals surface area contributed by atoms with Gasteiger partial charge in [0.25, 0.3) is 5.91 Å². The van der Waals surface area contributed by atoms with Gasteiger partial charge in [0.2, 0.25) is 0 Å². The minimum absolute atomic E-state index is 0.198. The van der Waals surface area contributed by atoms with Crippen LogP contribution in [0.5, 0.6) is 0 Å². The van der Waals surface area contributed by atoms with Crippen molar-refractivity contribution in [2.24, 2.45) is 0 Å². The van der Waals surface area contributed by atoms with Gasteiger partial charge in [0, 0.05) is 25.8 Å². The van der Waals surface area contributed by atoms with Crippen molar-refractivity contribution < 1.29 is 9.53 Å². The number of aromatic nitrogens is 1. The molecule has 0 bridgehead atoms. The van der Waals surface area contributed by atoms with E-state index >= 15 is 0 Å². The third kappa shape index (κ3) is 4.30. The quantitative estimate of drug-likeness (QED) is 0.787. The molecule has 6 heteroatoms. The summed E-state index contributed by atoms with van der Waals surface area (Å²) in [6, 6.07) is 5.13. The van der Waals surface area contributed by atoms with Gasteiger partial charge in [0.15, 0.2) is 0 Å². The second-order valence-electron chi connectivity index (χ2n) is 4.61. The van der Waals surface area contributed by atoms with Crippen molar-refractivity contribution >= 4 is 5.91 Å². The van der Waals surface area contributed by atoms with Crippen molar-refractivity contribution in [1.29, 1.82) is 5.26 Å². The Hall–Kier alpha value is -1.97. The minimum atomic E-state index is -0.198. The van der Waals surface area contributed by atoms with Gasteiger partial charge >= 0.3 is 0 Å². The maximum Gasteiger partial charge on any atom is 0.269 e. The van der Waals surface area contributed by atoms with Crippen LogP contribution in [0.2, 0.25) is 0 Å². The van der Waals surface area contributed by atoms with Gasteiger partial charge in [0.05, 0.1) is 18.8 Å². The molecule has 6 nitrogen and oxygen atoms in total. The summed E-state index contributed by atoms with van der Waals surface area (Å²) in [5, 5.41) is 11.5. The molecule has 20 heavy (non-hydrogen) atoms. The van der Waals surface area contributed by atoms with Crippen molar-refractivity contribution in [3.8, 4) is 6.07 Å². The van der Waals surface area contributed by atoms with Crippen LogP contribution in [0.3, 0.4) is 0 Å². The molecule has 1 aliphatic rings. The van der Waals surface area contributed by atoms with Gasteiger partial charge in [0.1, 0.15) is 11.8 Å². The number of ether oxygens (including phenoxy) is 1. The van der Waals surface area contributed by atoms with E-state index in [9.17, 15) is 4.79 Å². The molecule has 0 saturated carbocycles. The third-order valence-corrected chi connectivity index (χ3v) is 3.17. The first-order valence-corrected chi connectivity index (χ1v) is 6.74. The summed E-state index contributed by atoms with van der Waals surface area (Å²) in [6.07, 6.45) is 2.31. The van der Waals surface area contributed by atoms with E-state index in [0.29, 0.717) is 17.8 Å². The monoisotopic (exact) mass is 274 g/mol. The van der Waals surface area contributed by atoms with E-state index in [0.717, 1.165) is 39.3 Å². The van der Waals surface area contributed by atoms with Gasteiger partial charge in [-0.2, -0.15) is 5.26 Å². The van der Waals surface area contributed by atoms with Crippen molar-refractivity contribution in [1.82, 2.24) is 15.2 Å². The average molecular weight is 274 g/mol. The van der Waals surface area contributed by atoms with E-state index in [1.807, 2.05) is 6.07 Å². The van der Waals surface area contributed by atoms with E-state index in [1.165, 1.54) is 6.20 Å². The first-order valence-electron chi connectivity index (χ1n) is 6.74. The highest BCUT2D eigenvalue weighted by Gasteiger charge is 2.10. The smallest absolute Gasteiger partial charge is 0.269 e. The maximum atomic E-state index is 11.8. The van der Waals surface area contributed by atoms with Gasteiger partial charge < -0.3 is 10.1 Å². The highest BCUT2D eigenvalue weighted by Crippen LogP contribution is 2.00. The van der Waals surface area contributed by atoms with Crippen molar-refractivity contribution in [2.75, 3.05) is 39.4 Å². The van der Waals surface area contributed by atoms with Crippen LogP contribution >= 0.6 is 0 Å². The van der Waals surface area contributed by atoms with Gasteiger partial charge in [-0.1, -0.05) is 0 Å². The predicted octanol–water partition coefficient (Wildman–Crippen LogP) is 0.405. The number of carbonyl (C=O) groups excluding carboxylic acids is 1. The molecule has 1 aromatic heterocycles. The van der Waals surface area contributed by atoms with Gasteiger partial charge in [-0.3, -0.25) is 9.69 Å². The summed E-state index contributed by atoms with van der Waals surface area (Å²) in [5.74, 6) is -0.198. The number of hydrogen-bond acceptors (Lipinski definition) is 5. The van der Waals surface area contributed by atoms with Crippen molar-refractivity contribution in [2.45, 2.75) is 6.42 Å². The normalized spacial score (nSPS) is 15.6. The lowest BCUT2D eigenvalue weighted by atomic mass is 10.2. The van der Waals surface area contributed by atoms with Crippen LogP contribution in [0.1, 0.15) is 22.5 Å². The molecule has 0 radical (unpaired) electrons. The zero-order chi connectivity index (χ0) is 14.2. The Balaban J connectivity index is 1.67. The fourth-order valence-corrected chi connectivity index (χ4v) is 2.01. The first kappa shape index (κ1) is 14.4. The Kier molecular flexibility index (Phi) is 5.47. The number of amides is 1. The molecular formula is C14H18N4O2. The summed E-state index contributed by atoms with van der Waals surface area (Å²) < 4.78 is 5.28. The highest BCUT2D eigenvalue weighted by atomic mass is 16.5. The lowest BCUT2D eigenvalue weighted by Gasteiger charge is -2.26. The van der Waals surface area contributed by atoms with Gasteiger partial charge in [-0.25, -0.2) is 4.98 Å². The second-order valence-corrected chi connectivity index (χ2v) is 4.61. The van der Waals surface area contributed by atoms with E-state index in [1.54, 1.807) is 12.1 Å². The van der Waals surface area contributed by atoms with Crippen LogP contribution in [-0.4, -0.2) is 55.2 Å². The van der Waals surface area contributed by atoms with Crippen LogP contribution in [0.4, 0.5) is 0 Å². The lowest BCUT2D eigenvalue weighted by molar-refractivity contribution is 0.0374. The number of hydrogen-bond donors (Lipinski definition) is 1. The molecule has 1 N–H and O–H groups in total. The molecule has 1 saturated heterocycles. The van der Waals surface area contributed by atoms with Gasteiger partial charge in [-0.05, 0) is 25.1 Å². The zero-order valence-corrected chi connectivity index (χ0v) is 11.3.